The van der Waals surface area contributed by atoms with Gasteiger partial charge in [0.2, 0.25) is 0 Å². The second kappa shape index (κ2) is 3.72. The number of rotatable bonds is 2. The number of halogens is 1. The lowest BCUT2D eigenvalue weighted by atomic mass is 10.2. The summed E-state index contributed by atoms with van der Waals surface area (Å²) >= 11 is 0. The SMILES string of the molecule is CCOc1cc(F)ccc1C#N. The lowest BCUT2D eigenvalue weighted by Gasteiger charge is -2.03. The topological polar surface area (TPSA) is 33.0 Å². The van der Waals surface area contributed by atoms with Crippen LogP contribution in [0.5, 0.6) is 5.75 Å². The van der Waals surface area contributed by atoms with Gasteiger partial charge in [-0.25, -0.2) is 4.39 Å². The Morgan fingerprint density at radius 3 is 2.92 bits per heavy atom. The van der Waals surface area contributed by atoms with Crippen LogP contribution in [0.3, 0.4) is 0 Å². The highest BCUT2D eigenvalue weighted by atomic mass is 19.1. The van der Waals surface area contributed by atoms with Gasteiger partial charge in [-0.1, -0.05) is 0 Å². The third-order valence-electron chi connectivity index (χ3n) is 1.36. The van der Waals surface area contributed by atoms with E-state index in [1.54, 1.807) is 6.92 Å². The fourth-order valence-electron chi connectivity index (χ4n) is 0.863. The van der Waals surface area contributed by atoms with Crippen molar-refractivity contribution in [2.75, 3.05) is 6.61 Å². The summed E-state index contributed by atoms with van der Waals surface area (Å²) < 4.78 is 17.7. The second-order valence-electron chi connectivity index (χ2n) is 2.19. The van der Waals surface area contributed by atoms with Gasteiger partial charge in [-0.05, 0) is 19.1 Å². The van der Waals surface area contributed by atoms with Crippen LogP contribution in [0.2, 0.25) is 0 Å². The van der Waals surface area contributed by atoms with E-state index in [0.717, 1.165) is 0 Å². The summed E-state index contributed by atoms with van der Waals surface area (Å²) in [5.41, 5.74) is 0.359. The van der Waals surface area contributed by atoms with Crippen LogP contribution in [0.15, 0.2) is 18.2 Å². The van der Waals surface area contributed by atoms with Gasteiger partial charge in [-0.3, -0.25) is 0 Å². The number of hydrogen-bond acceptors (Lipinski definition) is 2. The van der Waals surface area contributed by atoms with Gasteiger partial charge in [0.15, 0.2) is 0 Å². The van der Waals surface area contributed by atoms with Crippen molar-refractivity contribution >= 4 is 0 Å². The molecule has 0 aromatic heterocycles. The van der Waals surface area contributed by atoms with Crippen molar-refractivity contribution in [3.05, 3.63) is 29.6 Å². The minimum atomic E-state index is -0.391. The molecule has 62 valence electrons. The van der Waals surface area contributed by atoms with E-state index in [1.807, 2.05) is 6.07 Å². The highest BCUT2D eigenvalue weighted by Gasteiger charge is 2.02. The van der Waals surface area contributed by atoms with Crippen LogP contribution >= 0.6 is 0 Å². The zero-order valence-corrected chi connectivity index (χ0v) is 6.67. The highest BCUT2D eigenvalue weighted by molar-refractivity contribution is 5.42. The Kier molecular flexibility index (Phi) is 2.65. The van der Waals surface area contributed by atoms with Crippen molar-refractivity contribution in [2.45, 2.75) is 6.92 Å². The zero-order valence-electron chi connectivity index (χ0n) is 6.67. The van der Waals surface area contributed by atoms with Crippen LogP contribution in [0.4, 0.5) is 4.39 Å². The van der Waals surface area contributed by atoms with E-state index in [0.29, 0.717) is 17.9 Å². The molecule has 0 aliphatic rings. The Bertz CT molecular complexity index is 317. The monoisotopic (exact) mass is 165 g/mol. The Labute approximate surface area is 70.2 Å². The molecular formula is C9H8FNO. The maximum Gasteiger partial charge on any atom is 0.139 e. The molecule has 12 heavy (non-hydrogen) atoms. The van der Waals surface area contributed by atoms with E-state index < -0.39 is 5.82 Å². The van der Waals surface area contributed by atoms with Crippen LogP contribution in [0.25, 0.3) is 0 Å². The van der Waals surface area contributed by atoms with E-state index in [9.17, 15) is 4.39 Å². The number of ether oxygens (including phenoxy) is 1. The average molecular weight is 165 g/mol. The van der Waals surface area contributed by atoms with Gasteiger partial charge in [0.05, 0.1) is 12.2 Å². The minimum absolute atomic E-state index is 0.306. The molecule has 0 heterocycles. The summed E-state index contributed by atoms with van der Waals surface area (Å²) in [6.07, 6.45) is 0. The first kappa shape index (κ1) is 8.54. The third-order valence-corrected chi connectivity index (χ3v) is 1.36. The maximum absolute atomic E-state index is 12.6. The van der Waals surface area contributed by atoms with E-state index in [-0.39, 0.29) is 0 Å². The Balaban J connectivity index is 3.06. The summed E-state index contributed by atoms with van der Waals surface area (Å²) in [5, 5.41) is 8.58. The number of nitrogens with zero attached hydrogens (tertiary/aromatic N) is 1. The maximum atomic E-state index is 12.6. The summed E-state index contributed by atoms with van der Waals surface area (Å²) in [4.78, 5) is 0. The Morgan fingerprint density at radius 1 is 1.58 bits per heavy atom. The molecule has 0 N–H and O–H groups in total. The molecule has 0 aliphatic carbocycles. The van der Waals surface area contributed by atoms with Crippen molar-refractivity contribution in [1.29, 1.82) is 5.26 Å². The predicted octanol–water partition coefficient (Wildman–Crippen LogP) is 2.10. The van der Waals surface area contributed by atoms with Crippen LogP contribution in [-0.2, 0) is 0 Å². The van der Waals surface area contributed by atoms with Crippen LogP contribution in [0.1, 0.15) is 12.5 Å². The predicted molar refractivity (Wildman–Crippen MR) is 42.3 cm³/mol. The smallest absolute Gasteiger partial charge is 0.139 e. The van der Waals surface area contributed by atoms with Gasteiger partial charge in [-0.2, -0.15) is 5.26 Å². The van der Waals surface area contributed by atoms with Gasteiger partial charge >= 0.3 is 0 Å². The largest absolute Gasteiger partial charge is 0.492 e. The van der Waals surface area contributed by atoms with E-state index in [4.69, 9.17) is 10.00 Å². The molecule has 0 unspecified atom stereocenters. The first-order valence-electron chi connectivity index (χ1n) is 3.60. The number of benzene rings is 1. The van der Waals surface area contributed by atoms with Gasteiger partial charge in [0.25, 0.3) is 0 Å². The van der Waals surface area contributed by atoms with Crippen molar-refractivity contribution in [3.8, 4) is 11.8 Å². The van der Waals surface area contributed by atoms with Gasteiger partial charge in [0.1, 0.15) is 17.6 Å². The van der Waals surface area contributed by atoms with Crippen molar-refractivity contribution < 1.29 is 9.13 Å². The third kappa shape index (κ3) is 1.73. The molecule has 1 aromatic carbocycles. The zero-order chi connectivity index (χ0) is 8.97. The van der Waals surface area contributed by atoms with E-state index in [1.165, 1.54) is 18.2 Å². The summed E-state index contributed by atoms with van der Waals surface area (Å²) in [6, 6.07) is 5.77. The van der Waals surface area contributed by atoms with Gasteiger partial charge in [-0.15, -0.1) is 0 Å². The minimum Gasteiger partial charge on any atom is -0.492 e. The molecular weight excluding hydrogens is 157 g/mol. The molecule has 3 heteroatoms. The molecule has 1 rings (SSSR count). The standard InChI is InChI=1S/C9H8FNO/c1-2-12-9-5-8(10)4-3-7(9)6-11/h3-5H,2H2,1H3. The lowest BCUT2D eigenvalue weighted by Crippen LogP contribution is -1.94. The number of hydrogen-bond donors (Lipinski definition) is 0. The van der Waals surface area contributed by atoms with Crippen molar-refractivity contribution in [3.63, 3.8) is 0 Å². The average Bonchev–Trinajstić information content (AvgIpc) is 2.05. The molecule has 0 spiro atoms. The summed E-state index contributed by atoms with van der Waals surface area (Å²) in [5.74, 6) is -0.0857. The fraction of sp³-hybridized carbons (Fsp3) is 0.222. The molecule has 2 nitrogen and oxygen atoms in total. The quantitative estimate of drug-likeness (QED) is 0.672. The second-order valence-corrected chi connectivity index (χ2v) is 2.19. The summed E-state index contributed by atoms with van der Waals surface area (Å²) in [7, 11) is 0. The van der Waals surface area contributed by atoms with Crippen molar-refractivity contribution in [2.24, 2.45) is 0 Å². The molecule has 0 fully saturated rings. The molecule has 0 saturated carbocycles. The van der Waals surface area contributed by atoms with Crippen LogP contribution in [-0.4, -0.2) is 6.61 Å². The normalized spacial score (nSPS) is 9.08. The molecule has 0 bridgehead atoms. The summed E-state index contributed by atoms with van der Waals surface area (Å²) in [6.45, 7) is 2.21. The van der Waals surface area contributed by atoms with E-state index in [2.05, 4.69) is 0 Å². The van der Waals surface area contributed by atoms with Crippen molar-refractivity contribution in [1.82, 2.24) is 0 Å². The van der Waals surface area contributed by atoms with E-state index >= 15 is 0 Å². The first-order chi connectivity index (χ1) is 5.77. The Morgan fingerprint density at radius 2 is 2.33 bits per heavy atom. The molecule has 0 atom stereocenters. The lowest BCUT2D eigenvalue weighted by molar-refractivity contribution is 0.337. The molecule has 0 saturated heterocycles. The molecule has 0 amide bonds. The highest BCUT2D eigenvalue weighted by Crippen LogP contribution is 2.18. The van der Waals surface area contributed by atoms with Crippen LogP contribution < -0.4 is 4.74 Å². The molecule has 1 aromatic rings. The number of nitriles is 1. The Hall–Kier alpha value is -1.56. The molecule has 0 aliphatic heterocycles. The molecule has 0 radical (unpaired) electrons. The fourth-order valence-corrected chi connectivity index (χ4v) is 0.863. The van der Waals surface area contributed by atoms with Crippen LogP contribution in [0, 0.1) is 17.1 Å². The van der Waals surface area contributed by atoms with Gasteiger partial charge in [0, 0.05) is 6.07 Å². The van der Waals surface area contributed by atoms with Gasteiger partial charge < -0.3 is 4.74 Å². The first-order valence-corrected chi connectivity index (χ1v) is 3.60.